The topological polar surface area (TPSA) is 86.0 Å². The van der Waals surface area contributed by atoms with Gasteiger partial charge in [0, 0.05) is 4.47 Å². The number of nitrogens with zero attached hydrogens (tertiary/aromatic N) is 3. The van der Waals surface area contributed by atoms with E-state index in [1.54, 1.807) is 0 Å². The van der Waals surface area contributed by atoms with Crippen LogP contribution in [-0.4, -0.2) is 21.6 Å². The number of hydrogen-bond acceptors (Lipinski definition) is 6. The van der Waals surface area contributed by atoms with Gasteiger partial charge in [0.1, 0.15) is 0 Å². The largest absolute Gasteiger partial charge is 0.463 e. The minimum absolute atomic E-state index is 0.123. The van der Waals surface area contributed by atoms with Gasteiger partial charge in [-0.15, -0.1) is 0 Å². The van der Waals surface area contributed by atoms with Crippen molar-refractivity contribution in [3.8, 4) is 6.01 Å². The highest BCUT2D eigenvalue weighted by atomic mass is 79.9. The molecular weight excluding hydrogens is 322 g/mol. The molecule has 2 aromatic rings. The molecule has 0 aliphatic heterocycles. The number of aromatic nitrogens is 3. The van der Waals surface area contributed by atoms with E-state index in [0.29, 0.717) is 12.6 Å². The van der Waals surface area contributed by atoms with Crippen LogP contribution in [0.3, 0.4) is 0 Å². The summed E-state index contributed by atoms with van der Waals surface area (Å²) in [6, 6.07) is 6.17. The molecule has 3 N–H and O–H groups in total. The van der Waals surface area contributed by atoms with Gasteiger partial charge in [-0.25, -0.2) is 0 Å². The predicted octanol–water partition coefficient (Wildman–Crippen LogP) is 3.06. The normalized spacial score (nSPS) is 10.3. The zero-order chi connectivity index (χ0) is 14.5. The van der Waals surface area contributed by atoms with E-state index < -0.39 is 0 Å². The minimum Gasteiger partial charge on any atom is -0.463 e. The number of halogens is 1. The fourth-order valence-electron chi connectivity index (χ4n) is 1.54. The van der Waals surface area contributed by atoms with Crippen molar-refractivity contribution < 1.29 is 4.74 Å². The van der Waals surface area contributed by atoms with Crippen molar-refractivity contribution in [3.05, 3.63) is 28.2 Å². The first kappa shape index (κ1) is 14.5. The number of hydrogen-bond donors (Lipinski definition) is 2. The van der Waals surface area contributed by atoms with Crippen LogP contribution < -0.4 is 15.8 Å². The van der Waals surface area contributed by atoms with E-state index in [1.165, 1.54) is 0 Å². The summed E-state index contributed by atoms with van der Waals surface area (Å²) in [6.07, 6.45) is 0.873. The number of benzene rings is 1. The molecule has 2 rings (SSSR count). The lowest BCUT2D eigenvalue weighted by molar-refractivity contribution is 0.292. The molecule has 0 unspecified atom stereocenters. The van der Waals surface area contributed by atoms with Crippen molar-refractivity contribution >= 4 is 33.5 Å². The molecule has 7 heteroatoms. The van der Waals surface area contributed by atoms with Crippen LogP contribution in [0.1, 0.15) is 18.9 Å². The molecule has 0 radical (unpaired) electrons. The number of ether oxygens (including phenoxy) is 1. The molecule has 106 valence electrons. The Balaban J connectivity index is 2.24. The Kier molecular flexibility index (Phi) is 4.73. The molecule has 6 nitrogen and oxygen atoms in total. The van der Waals surface area contributed by atoms with Gasteiger partial charge in [0.05, 0.1) is 12.3 Å². The Labute approximate surface area is 125 Å². The summed E-state index contributed by atoms with van der Waals surface area (Å²) in [5, 5.41) is 3.10. The molecule has 1 aromatic heterocycles. The van der Waals surface area contributed by atoms with Gasteiger partial charge in [-0.2, -0.15) is 15.0 Å². The summed E-state index contributed by atoms with van der Waals surface area (Å²) in [4.78, 5) is 12.2. The van der Waals surface area contributed by atoms with Gasteiger partial charge in [-0.05, 0) is 47.0 Å². The van der Waals surface area contributed by atoms with Gasteiger partial charge in [0.15, 0.2) is 0 Å². The molecule has 20 heavy (non-hydrogen) atoms. The lowest BCUT2D eigenvalue weighted by atomic mass is 10.2. The molecule has 0 spiro atoms. The molecule has 0 aliphatic carbocycles. The maximum Gasteiger partial charge on any atom is 0.323 e. The number of nitrogens with two attached hydrogens (primary N) is 1. The Morgan fingerprint density at radius 1 is 1.30 bits per heavy atom. The Bertz CT molecular complexity index is 605. The average Bonchev–Trinajstić information content (AvgIpc) is 2.40. The molecule has 0 aliphatic rings. The molecule has 0 fully saturated rings. The highest BCUT2D eigenvalue weighted by molar-refractivity contribution is 9.10. The number of nitrogens with one attached hydrogen (secondary N) is 1. The third-order valence-electron chi connectivity index (χ3n) is 2.44. The SMILES string of the molecule is CCCOc1nc(N)nc(Nc2cc(C)ccc2Br)n1. The monoisotopic (exact) mass is 337 g/mol. The van der Waals surface area contributed by atoms with E-state index in [2.05, 4.69) is 36.2 Å². The van der Waals surface area contributed by atoms with Gasteiger partial charge in [-0.1, -0.05) is 13.0 Å². The number of nitrogen functional groups attached to an aromatic ring is 1. The Hall–Kier alpha value is -1.89. The van der Waals surface area contributed by atoms with E-state index in [9.17, 15) is 0 Å². The van der Waals surface area contributed by atoms with Crippen LogP contribution in [0.2, 0.25) is 0 Å². The second kappa shape index (κ2) is 6.51. The second-order valence-corrected chi connectivity index (χ2v) is 5.11. The summed E-state index contributed by atoms with van der Waals surface area (Å²) >= 11 is 3.47. The van der Waals surface area contributed by atoms with Gasteiger partial charge >= 0.3 is 6.01 Å². The van der Waals surface area contributed by atoms with Crippen LogP contribution in [-0.2, 0) is 0 Å². The second-order valence-electron chi connectivity index (χ2n) is 4.26. The van der Waals surface area contributed by atoms with E-state index in [4.69, 9.17) is 10.5 Å². The van der Waals surface area contributed by atoms with Crippen molar-refractivity contribution in [1.82, 2.24) is 15.0 Å². The van der Waals surface area contributed by atoms with E-state index in [1.807, 2.05) is 32.0 Å². The van der Waals surface area contributed by atoms with Gasteiger partial charge in [-0.3, -0.25) is 0 Å². The van der Waals surface area contributed by atoms with Crippen molar-refractivity contribution in [2.75, 3.05) is 17.7 Å². The van der Waals surface area contributed by atoms with E-state index >= 15 is 0 Å². The maximum atomic E-state index is 5.66. The fourth-order valence-corrected chi connectivity index (χ4v) is 1.89. The molecule has 0 amide bonds. The standard InChI is InChI=1S/C13H16BrN5O/c1-3-6-20-13-18-11(15)17-12(19-13)16-10-7-8(2)4-5-9(10)14/h4-5,7H,3,6H2,1-2H3,(H3,15,16,17,18,19). The summed E-state index contributed by atoms with van der Waals surface area (Å²) in [7, 11) is 0. The zero-order valence-electron chi connectivity index (χ0n) is 11.4. The third kappa shape index (κ3) is 3.80. The first-order valence-corrected chi connectivity index (χ1v) is 7.05. The smallest absolute Gasteiger partial charge is 0.323 e. The Morgan fingerprint density at radius 3 is 2.85 bits per heavy atom. The predicted molar refractivity (Wildman–Crippen MR) is 82.2 cm³/mol. The fraction of sp³-hybridized carbons (Fsp3) is 0.308. The van der Waals surface area contributed by atoms with Crippen LogP contribution in [0.5, 0.6) is 6.01 Å². The number of aryl methyl sites for hydroxylation is 1. The lowest BCUT2D eigenvalue weighted by Gasteiger charge is -2.09. The van der Waals surface area contributed by atoms with Crippen molar-refractivity contribution in [2.45, 2.75) is 20.3 Å². The van der Waals surface area contributed by atoms with Gasteiger partial charge < -0.3 is 15.8 Å². The summed E-state index contributed by atoms with van der Waals surface area (Å²) in [6.45, 7) is 4.56. The first-order chi connectivity index (χ1) is 9.58. The van der Waals surface area contributed by atoms with Crippen molar-refractivity contribution in [2.24, 2.45) is 0 Å². The van der Waals surface area contributed by atoms with Crippen LogP contribution in [0, 0.1) is 6.92 Å². The molecule has 0 saturated heterocycles. The third-order valence-corrected chi connectivity index (χ3v) is 3.13. The van der Waals surface area contributed by atoms with E-state index in [0.717, 1.165) is 22.1 Å². The van der Waals surface area contributed by atoms with Gasteiger partial charge in [0.2, 0.25) is 11.9 Å². The molecule has 0 bridgehead atoms. The number of anilines is 3. The highest BCUT2D eigenvalue weighted by Gasteiger charge is 2.07. The molecular formula is C13H16BrN5O. The van der Waals surface area contributed by atoms with Crippen LogP contribution in [0.4, 0.5) is 17.6 Å². The molecule has 0 atom stereocenters. The summed E-state index contributed by atoms with van der Waals surface area (Å²) in [5.74, 6) is 0.479. The lowest BCUT2D eigenvalue weighted by Crippen LogP contribution is -2.07. The molecule has 0 saturated carbocycles. The van der Waals surface area contributed by atoms with Crippen LogP contribution >= 0.6 is 15.9 Å². The van der Waals surface area contributed by atoms with E-state index in [-0.39, 0.29) is 12.0 Å². The summed E-state index contributed by atoms with van der Waals surface area (Å²) < 4.78 is 6.29. The number of rotatable bonds is 5. The highest BCUT2D eigenvalue weighted by Crippen LogP contribution is 2.26. The van der Waals surface area contributed by atoms with Crippen LogP contribution in [0.25, 0.3) is 0 Å². The molecule has 1 heterocycles. The minimum atomic E-state index is 0.123. The summed E-state index contributed by atoms with van der Waals surface area (Å²) in [5.41, 5.74) is 7.64. The zero-order valence-corrected chi connectivity index (χ0v) is 12.9. The molecule has 1 aromatic carbocycles. The van der Waals surface area contributed by atoms with Crippen molar-refractivity contribution in [3.63, 3.8) is 0 Å². The average molecular weight is 338 g/mol. The van der Waals surface area contributed by atoms with Crippen LogP contribution in [0.15, 0.2) is 22.7 Å². The quantitative estimate of drug-likeness (QED) is 0.871. The van der Waals surface area contributed by atoms with Gasteiger partial charge in [0.25, 0.3) is 0 Å². The maximum absolute atomic E-state index is 5.66. The Morgan fingerprint density at radius 2 is 2.10 bits per heavy atom. The van der Waals surface area contributed by atoms with Crippen molar-refractivity contribution in [1.29, 1.82) is 0 Å². The first-order valence-electron chi connectivity index (χ1n) is 6.26.